The molecule has 0 aromatic carbocycles. The van der Waals surface area contributed by atoms with Gasteiger partial charge in [-0.15, -0.1) is 0 Å². The van der Waals surface area contributed by atoms with E-state index in [1.165, 1.54) is 25.0 Å². The Hall–Kier alpha value is -1.65. The Morgan fingerprint density at radius 1 is 0.871 bits per heavy atom. The molecule has 4 aliphatic rings. The molecule has 0 spiro atoms. The molecule has 0 heterocycles. The average molecular weight is 431 g/mol. The maximum atomic E-state index is 12.9. The summed E-state index contributed by atoms with van der Waals surface area (Å²) in [5.74, 6) is 0.928. The van der Waals surface area contributed by atoms with Crippen LogP contribution in [0.25, 0.3) is 0 Å². The summed E-state index contributed by atoms with van der Waals surface area (Å²) >= 11 is 0. The van der Waals surface area contributed by atoms with Crippen molar-refractivity contribution in [2.75, 3.05) is 0 Å². The lowest BCUT2D eigenvalue weighted by molar-refractivity contribution is -0.187. The van der Waals surface area contributed by atoms with Crippen LogP contribution in [0.5, 0.6) is 0 Å². The quantitative estimate of drug-likeness (QED) is 0.457. The van der Waals surface area contributed by atoms with E-state index in [4.69, 9.17) is 9.47 Å². The van der Waals surface area contributed by atoms with E-state index in [1.807, 2.05) is 0 Å². The summed E-state index contributed by atoms with van der Waals surface area (Å²) in [7, 11) is 0. The van der Waals surface area contributed by atoms with Crippen LogP contribution in [0.1, 0.15) is 92.9 Å². The molecular weight excluding hydrogens is 392 g/mol. The van der Waals surface area contributed by atoms with Crippen LogP contribution in [0.15, 0.2) is 11.1 Å². The zero-order chi connectivity index (χ0) is 22.8. The second-order valence-electron chi connectivity index (χ2n) is 11.2. The molecule has 5 nitrogen and oxygen atoms in total. The van der Waals surface area contributed by atoms with E-state index in [0.29, 0.717) is 24.2 Å². The van der Waals surface area contributed by atoms with Crippen LogP contribution in [0, 0.1) is 28.6 Å². The lowest BCUT2D eigenvalue weighted by atomic mass is 9.46. The Labute approximate surface area is 186 Å². The summed E-state index contributed by atoms with van der Waals surface area (Å²) in [6.45, 7) is 11.4. The topological polar surface area (TPSA) is 69.7 Å². The second kappa shape index (κ2) is 7.45. The van der Waals surface area contributed by atoms with Crippen molar-refractivity contribution >= 4 is 17.7 Å². The van der Waals surface area contributed by atoms with Gasteiger partial charge in [0.1, 0.15) is 6.10 Å². The highest BCUT2D eigenvalue weighted by Gasteiger charge is 2.67. The number of esters is 2. The van der Waals surface area contributed by atoms with E-state index in [9.17, 15) is 14.4 Å². The van der Waals surface area contributed by atoms with Crippen molar-refractivity contribution < 1.29 is 23.9 Å². The molecule has 0 bridgehead atoms. The number of ketones is 1. The Bertz CT molecular complexity index is 843. The maximum absolute atomic E-state index is 12.9. The van der Waals surface area contributed by atoms with E-state index in [0.717, 1.165) is 44.9 Å². The lowest BCUT2D eigenvalue weighted by Gasteiger charge is -2.59. The minimum atomic E-state index is -0.972. The van der Waals surface area contributed by atoms with Crippen molar-refractivity contribution in [3.8, 4) is 0 Å². The minimum absolute atomic E-state index is 0.00161. The molecule has 0 aromatic rings. The second-order valence-corrected chi connectivity index (χ2v) is 11.2. The van der Waals surface area contributed by atoms with Crippen LogP contribution < -0.4 is 0 Å². The highest BCUT2D eigenvalue weighted by Crippen LogP contribution is 2.68. The van der Waals surface area contributed by atoms with Gasteiger partial charge in [0.15, 0.2) is 11.4 Å². The molecule has 0 aromatic heterocycles. The smallest absolute Gasteiger partial charge is 0.303 e. The molecule has 0 aliphatic heterocycles. The molecule has 5 heteroatoms. The van der Waals surface area contributed by atoms with Gasteiger partial charge in [0, 0.05) is 25.7 Å². The normalized spacial score (nSPS) is 44.1. The monoisotopic (exact) mass is 430 g/mol. The van der Waals surface area contributed by atoms with Gasteiger partial charge in [-0.25, -0.2) is 0 Å². The summed E-state index contributed by atoms with van der Waals surface area (Å²) in [6, 6.07) is 0. The molecule has 0 unspecified atom stereocenters. The van der Waals surface area contributed by atoms with Crippen LogP contribution in [-0.4, -0.2) is 29.4 Å². The van der Waals surface area contributed by atoms with Crippen molar-refractivity contribution in [3.05, 3.63) is 11.1 Å². The van der Waals surface area contributed by atoms with Gasteiger partial charge >= 0.3 is 11.9 Å². The fourth-order valence-corrected chi connectivity index (χ4v) is 8.48. The fraction of sp³-hybridized carbons (Fsp3) is 0.808. The predicted octanol–water partition coefficient (Wildman–Crippen LogP) is 5.16. The molecule has 7 atom stereocenters. The molecule has 4 rings (SSSR count). The van der Waals surface area contributed by atoms with Gasteiger partial charge in [-0.05, 0) is 82.0 Å². The Kier molecular flexibility index (Phi) is 5.42. The molecule has 31 heavy (non-hydrogen) atoms. The van der Waals surface area contributed by atoms with E-state index in [2.05, 4.69) is 20.8 Å². The summed E-state index contributed by atoms with van der Waals surface area (Å²) in [5.41, 5.74) is 1.81. The van der Waals surface area contributed by atoms with Crippen LogP contribution in [0.4, 0.5) is 0 Å². The average Bonchev–Trinajstić information content (AvgIpc) is 2.96. The maximum Gasteiger partial charge on any atom is 0.303 e. The highest BCUT2D eigenvalue weighted by atomic mass is 16.6. The van der Waals surface area contributed by atoms with Gasteiger partial charge in [-0.3, -0.25) is 14.4 Å². The van der Waals surface area contributed by atoms with Crippen LogP contribution >= 0.6 is 0 Å². The SMILES string of the molecule is CC(=O)O[C@@H]1CC[C@]2(C)C(=C(C)C[C@H]3[C@@H]4CC[C@](OC(C)=O)(C(C)=O)[C@@]4(C)CC[C@@H]32)C1. The van der Waals surface area contributed by atoms with Gasteiger partial charge in [0.25, 0.3) is 0 Å². The molecule has 3 saturated carbocycles. The summed E-state index contributed by atoms with van der Waals surface area (Å²) in [6.07, 6.45) is 7.43. The number of hydrogen-bond acceptors (Lipinski definition) is 5. The number of rotatable bonds is 3. The standard InChI is InChI=1S/C26H38O5/c1-15-13-20-21(24(5)10-7-19(14-23(15)24)30-17(3)28)8-11-25(6)22(20)9-12-26(25,16(2)27)31-18(4)29/h19-22H,7-14H2,1-6H3/t19-,20-,21+,22+,24+,25+,26+/m1/s1. The molecule has 0 saturated heterocycles. The van der Waals surface area contributed by atoms with Crippen LogP contribution in [-0.2, 0) is 23.9 Å². The first-order valence-corrected chi connectivity index (χ1v) is 12.0. The number of carbonyl (C=O) groups is 3. The minimum Gasteiger partial charge on any atom is -0.462 e. The largest absolute Gasteiger partial charge is 0.462 e. The van der Waals surface area contributed by atoms with Gasteiger partial charge in [-0.2, -0.15) is 0 Å². The lowest BCUT2D eigenvalue weighted by Crippen LogP contribution is -2.58. The molecule has 3 fully saturated rings. The van der Waals surface area contributed by atoms with E-state index in [-0.39, 0.29) is 34.7 Å². The molecule has 0 N–H and O–H groups in total. The first kappa shape index (κ1) is 22.5. The van der Waals surface area contributed by atoms with E-state index in [1.54, 1.807) is 6.92 Å². The molecular formula is C26H38O5. The number of fused-ring (bicyclic) bond motifs is 5. The third kappa shape index (κ3) is 3.21. The Morgan fingerprint density at radius 2 is 1.55 bits per heavy atom. The van der Waals surface area contributed by atoms with E-state index >= 15 is 0 Å². The number of ether oxygens (including phenoxy) is 2. The highest BCUT2D eigenvalue weighted by molar-refractivity contribution is 5.89. The zero-order valence-corrected chi connectivity index (χ0v) is 20.0. The first-order chi connectivity index (χ1) is 14.4. The van der Waals surface area contributed by atoms with Crippen molar-refractivity contribution in [3.63, 3.8) is 0 Å². The third-order valence-corrected chi connectivity index (χ3v) is 9.76. The molecule has 172 valence electrons. The van der Waals surface area contributed by atoms with Gasteiger partial charge in [0.05, 0.1) is 0 Å². The van der Waals surface area contributed by atoms with Gasteiger partial charge in [-0.1, -0.05) is 25.0 Å². The van der Waals surface area contributed by atoms with Crippen molar-refractivity contribution in [2.45, 2.75) is 105 Å². The first-order valence-electron chi connectivity index (χ1n) is 12.0. The van der Waals surface area contributed by atoms with E-state index < -0.39 is 5.60 Å². The van der Waals surface area contributed by atoms with Gasteiger partial charge < -0.3 is 9.47 Å². The summed E-state index contributed by atoms with van der Waals surface area (Å²) < 4.78 is 11.5. The summed E-state index contributed by atoms with van der Waals surface area (Å²) in [5, 5.41) is 0. The van der Waals surface area contributed by atoms with Crippen molar-refractivity contribution in [1.29, 1.82) is 0 Å². The number of allylic oxidation sites excluding steroid dienone is 1. The van der Waals surface area contributed by atoms with Crippen LogP contribution in [0.3, 0.4) is 0 Å². The number of carbonyl (C=O) groups excluding carboxylic acids is 3. The summed E-state index contributed by atoms with van der Waals surface area (Å²) in [4.78, 5) is 36.4. The molecule has 0 radical (unpaired) electrons. The van der Waals surface area contributed by atoms with Gasteiger partial charge in [0.2, 0.25) is 0 Å². The fourth-order valence-electron chi connectivity index (χ4n) is 8.48. The molecule has 4 aliphatic carbocycles. The predicted molar refractivity (Wildman–Crippen MR) is 117 cm³/mol. The number of Topliss-reactive ketones (excluding diaryl/α,β-unsaturated/α-hetero) is 1. The zero-order valence-electron chi connectivity index (χ0n) is 20.0. The number of hydrogen-bond donors (Lipinski definition) is 0. The molecule has 0 amide bonds. The van der Waals surface area contributed by atoms with Crippen molar-refractivity contribution in [2.24, 2.45) is 28.6 Å². The third-order valence-electron chi connectivity index (χ3n) is 9.76. The van der Waals surface area contributed by atoms with Crippen molar-refractivity contribution in [1.82, 2.24) is 0 Å². The van der Waals surface area contributed by atoms with Crippen LogP contribution in [0.2, 0.25) is 0 Å². The Balaban J connectivity index is 1.68. The Morgan fingerprint density at radius 3 is 2.16 bits per heavy atom.